The molecule has 0 unspecified atom stereocenters. The van der Waals surface area contributed by atoms with Crippen LogP contribution in [0.4, 0.5) is 0 Å². The Morgan fingerprint density at radius 1 is 0.447 bits per heavy atom. The van der Waals surface area contributed by atoms with Crippen molar-refractivity contribution in [1.82, 2.24) is 9.97 Å². The minimum Gasteiger partial charge on any atom is -0.420 e. The average Bonchev–Trinajstić information content (AvgIpc) is 2.96. The van der Waals surface area contributed by atoms with Crippen LogP contribution in [0.5, 0.6) is 11.5 Å². The number of hydrogen-bond acceptors (Lipinski definition) is 6. The van der Waals surface area contributed by atoms with Gasteiger partial charge in [-0.25, -0.2) is 19.6 Å². The molecule has 0 amide bonds. The molecule has 0 saturated heterocycles. The van der Waals surface area contributed by atoms with Crippen molar-refractivity contribution in [2.75, 3.05) is 0 Å². The normalized spacial score (nSPS) is 12.7. The fraction of sp³-hybridized carbons (Fsp3) is 0. The van der Waals surface area contributed by atoms with Gasteiger partial charge >= 0.3 is 11.9 Å². The number of fused-ring (bicyclic) bond motifs is 6. The van der Waals surface area contributed by atoms with Crippen LogP contribution < -0.4 is 9.47 Å². The number of hydrogen-bond donors (Lipinski definition) is 0. The molecule has 7 rings (SSSR count). The van der Waals surface area contributed by atoms with E-state index in [1.165, 1.54) is 0 Å². The number of aromatic nitrogens is 2. The maximum atomic E-state index is 14.0. The van der Waals surface area contributed by atoms with Crippen molar-refractivity contribution in [2.24, 2.45) is 0 Å². The van der Waals surface area contributed by atoms with Gasteiger partial charge in [-0.3, -0.25) is 0 Å². The lowest BCUT2D eigenvalue weighted by Gasteiger charge is -2.22. The van der Waals surface area contributed by atoms with Gasteiger partial charge in [0, 0.05) is 21.9 Å². The minimum atomic E-state index is -0.654. The molecule has 1 aliphatic heterocycles. The summed E-state index contributed by atoms with van der Waals surface area (Å²) in [5, 5.41) is 1.05. The molecule has 180 valence electrons. The molecular weight excluding hydrogens is 476 g/mol. The Labute approximate surface area is 217 Å². The zero-order chi connectivity index (χ0) is 25.6. The van der Waals surface area contributed by atoms with Crippen molar-refractivity contribution in [1.29, 1.82) is 0 Å². The molecule has 0 bridgehead atoms. The topological polar surface area (TPSA) is 78.4 Å². The summed E-state index contributed by atoms with van der Waals surface area (Å²) in [6.07, 6.45) is 0. The summed E-state index contributed by atoms with van der Waals surface area (Å²) >= 11 is 0. The molecule has 1 aliphatic rings. The minimum absolute atomic E-state index is 0.0673. The molecule has 0 spiro atoms. The van der Waals surface area contributed by atoms with Gasteiger partial charge < -0.3 is 9.47 Å². The fourth-order valence-corrected chi connectivity index (χ4v) is 4.86. The van der Waals surface area contributed by atoms with Crippen LogP contribution in [-0.4, -0.2) is 21.9 Å². The predicted molar refractivity (Wildman–Crippen MR) is 144 cm³/mol. The summed E-state index contributed by atoms with van der Waals surface area (Å²) in [5.74, 6) is -1.17. The van der Waals surface area contributed by atoms with Crippen molar-refractivity contribution >= 4 is 33.7 Å². The van der Waals surface area contributed by atoms with Crippen molar-refractivity contribution in [3.05, 3.63) is 120 Å². The first kappa shape index (κ1) is 21.9. The molecule has 0 radical (unpaired) electrons. The summed E-state index contributed by atoms with van der Waals surface area (Å²) < 4.78 is 12.2. The Bertz CT molecular complexity index is 1760. The number of para-hydroxylation sites is 2. The van der Waals surface area contributed by atoms with E-state index in [1.54, 1.807) is 24.3 Å². The molecular formula is C32H18N2O4. The van der Waals surface area contributed by atoms with E-state index in [0.29, 0.717) is 44.3 Å². The number of pyridine rings is 2. The first-order valence-electron chi connectivity index (χ1n) is 12.1. The molecule has 2 aromatic heterocycles. The molecule has 4 aromatic carbocycles. The van der Waals surface area contributed by atoms with Crippen molar-refractivity contribution in [3.8, 4) is 34.0 Å². The van der Waals surface area contributed by atoms with Crippen LogP contribution in [0.3, 0.4) is 0 Å². The van der Waals surface area contributed by atoms with E-state index in [4.69, 9.17) is 19.4 Å². The van der Waals surface area contributed by atoms with Gasteiger partial charge in [0.05, 0.1) is 11.0 Å². The van der Waals surface area contributed by atoms with E-state index < -0.39 is 11.9 Å². The van der Waals surface area contributed by atoms with Gasteiger partial charge in [0.1, 0.15) is 22.5 Å². The lowest BCUT2D eigenvalue weighted by Crippen LogP contribution is -2.23. The zero-order valence-electron chi connectivity index (χ0n) is 19.9. The van der Waals surface area contributed by atoms with Crippen LogP contribution in [0.1, 0.15) is 20.7 Å². The van der Waals surface area contributed by atoms with Gasteiger partial charge in [-0.2, -0.15) is 0 Å². The van der Waals surface area contributed by atoms with Gasteiger partial charge in [-0.15, -0.1) is 0 Å². The maximum absolute atomic E-state index is 14.0. The Morgan fingerprint density at radius 3 is 1.24 bits per heavy atom. The average molecular weight is 495 g/mol. The van der Waals surface area contributed by atoms with E-state index in [-0.39, 0.29) is 22.6 Å². The van der Waals surface area contributed by atoms with Gasteiger partial charge in [-0.05, 0) is 12.1 Å². The standard InChI is InChI=1S/C32H18N2O4/c35-31-25-21-15-7-9-17-23(21)33-27(19-11-3-1-4-12-19)29(25)37-32(36)26-22-16-8-10-18-24(22)34-28(30(26)38-31)20-13-5-2-6-14-20/h1-18H. The van der Waals surface area contributed by atoms with Crippen LogP contribution in [0.25, 0.3) is 44.3 Å². The number of carbonyl (C=O) groups excluding carboxylic acids is 2. The molecule has 6 nitrogen and oxygen atoms in total. The largest absolute Gasteiger partial charge is 0.420 e. The smallest absolute Gasteiger partial charge is 0.348 e. The molecule has 6 heteroatoms. The third kappa shape index (κ3) is 3.43. The number of nitrogens with zero attached hydrogens (tertiary/aromatic N) is 2. The molecule has 0 fully saturated rings. The van der Waals surface area contributed by atoms with Gasteiger partial charge in [0.25, 0.3) is 0 Å². The highest BCUT2D eigenvalue weighted by Gasteiger charge is 2.34. The lowest BCUT2D eigenvalue weighted by molar-refractivity contribution is 0.0672. The van der Waals surface area contributed by atoms with E-state index in [0.717, 1.165) is 0 Å². The number of esters is 2. The van der Waals surface area contributed by atoms with E-state index in [1.807, 2.05) is 84.9 Å². The summed E-state index contributed by atoms with van der Waals surface area (Å²) in [6.45, 7) is 0. The third-order valence-electron chi connectivity index (χ3n) is 6.59. The SMILES string of the molecule is O=C1Oc2c(-c3ccccc3)nc3ccccc3c2C(=O)Oc2c(-c3ccccc3)nc3ccccc3c21. The Balaban J connectivity index is 1.55. The highest BCUT2D eigenvalue weighted by atomic mass is 16.6. The van der Waals surface area contributed by atoms with Crippen LogP contribution >= 0.6 is 0 Å². The molecule has 6 aromatic rings. The molecule has 0 saturated carbocycles. The second-order valence-corrected chi connectivity index (χ2v) is 8.87. The second kappa shape index (κ2) is 8.64. The van der Waals surface area contributed by atoms with Crippen molar-refractivity contribution < 1.29 is 19.1 Å². The number of ether oxygens (including phenoxy) is 2. The molecule has 0 atom stereocenters. The molecule has 0 N–H and O–H groups in total. The maximum Gasteiger partial charge on any atom is 0.348 e. The van der Waals surface area contributed by atoms with Crippen molar-refractivity contribution in [3.63, 3.8) is 0 Å². The summed E-state index contributed by atoms with van der Waals surface area (Å²) in [4.78, 5) is 37.5. The lowest BCUT2D eigenvalue weighted by atomic mass is 9.99. The zero-order valence-corrected chi connectivity index (χ0v) is 19.9. The van der Waals surface area contributed by atoms with Gasteiger partial charge in [0.15, 0.2) is 11.5 Å². The van der Waals surface area contributed by atoms with E-state index >= 15 is 0 Å². The molecule has 3 heterocycles. The van der Waals surface area contributed by atoms with E-state index in [2.05, 4.69) is 0 Å². The van der Waals surface area contributed by atoms with Crippen LogP contribution in [-0.2, 0) is 0 Å². The quantitative estimate of drug-likeness (QED) is 0.245. The first-order chi connectivity index (χ1) is 18.7. The highest BCUT2D eigenvalue weighted by Crippen LogP contribution is 2.43. The number of benzene rings is 4. The van der Waals surface area contributed by atoms with Gasteiger partial charge in [-0.1, -0.05) is 97.1 Å². The Hall–Kier alpha value is -5.36. The predicted octanol–water partition coefficient (Wildman–Crippen LogP) is 6.87. The van der Waals surface area contributed by atoms with Crippen LogP contribution in [0.2, 0.25) is 0 Å². The highest BCUT2D eigenvalue weighted by molar-refractivity contribution is 6.15. The molecule has 0 aliphatic carbocycles. The first-order valence-corrected chi connectivity index (χ1v) is 12.1. The Morgan fingerprint density at radius 2 is 0.816 bits per heavy atom. The number of rotatable bonds is 2. The van der Waals surface area contributed by atoms with E-state index in [9.17, 15) is 9.59 Å². The summed E-state index contributed by atoms with van der Waals surface area (Å²) in [6, 6.07) is 33.1. The van der Waals surface area contributed by atoms with Crippen LogP contribution in [0, 0.1) is 0 Å². The van der Waals surface area contributed by atoms with Crippen molar-refractivity contribution in [2.45, 2.75) is 0 Å². The van der Waals surface area contributed by atoms with Crippen LogP contribution in [0.15, 0.2) is 109 Å². The summed E-state index contributed by atoms with van der Waals surface area (Å²) in [5.41, 5.74) is 3.63. The molecule has 38 heavy (non-hydrogen) atoms. The number of carbonyl (C=O) groups is 2. The third-order valence-corrected chi connectivity index (χ3v) is 6.59. The van der Waals surface area contributed by atoms with Gasteiger partial charge in [0.2, 0.25) is 0 Å². The summed E-state index contributed by atoms with van der Waals surface area (Å²) in [7, 11) is 0. The fourth-order valence-electron chi connectivity index (χ4n) is 4.86. The Kier molecular flexibility index (Phi) is 4.97. The second-order valence-electron chi connectivity index (χ2n) is 8.87. The monoisotopic (exact) mass is 494 g/mol.